The molecule has 23 heavy (non-hydrogen) atoms. The Balaban J connectivity index is 1.91. The normalized spacial score (nSPS) is 10.8. The number of aryl methyl sites for hydroxylation is 2. The minimum absolute atomic E-state index is 0.153. The van der Waals surface area contributed by atoms with Crippen LogP contribution in [-0.4, -0.2) is 18.7 Å². The highest BCUT2D eigenvalue weighted by Gasteiger charge is 2.08. The Morgan fingerprint density at radius 1 is 1.17 bits per heavy atom. The maximum absolute atomic E-state index is 13.4. The molecule has 4 nitrogen and oxygen atoms in total. The van der Waals surface area contributed by atoms with Crippen LogP contribution < -0.4 is 10.2 Å². The smallest absolute Gasteiger partial charge is 0.277 e. The van der Waals surface area contributed by atoms with Gasteiger partial charge in [-0.15, -0.1) is 0 Å². The lowest BCUT2D eigenvalue weighted by Gasteiger charge is -2.13. The van der Waals surface area contributed by atoms with Gasteiger partial charge in [-0.05, 0) is 43.5 Å². The third-order valence-corrected chi connectivity index (χ3v) is 3.52. The summed E-state index contributed by atoms with van der Waals surface area (Å²) < 4.78 is 19.0. The summed E-state index contributed by atoms with van der Waals surface area (Å²) in [5.41, 5.74) is 5.70. The van der Waals surface area contributed by atoms with E-state index < -0.39 is 11.7 Å². The molecule has 0 aliphatic rings. The van der Waals surface area contributed by atoms with Gasteiger partial charge in [-0.1, -0.05) is 30.3 Å². The molecule has 1 amide bonds. The largest absolute Gasteiger partial charge is 0.483 e. The number of amides is 1. The van der Waals surface area contributed by atoms with Crippen LogP contribution in [0.2, 0.25) is 0 Å². The SMILES string of the molecule is Cc1ccc(C)c(OCC(=O)N/N=C/c2ccccc2F)c1C. The van der Waals surface area contributed by atoms with Crippen LogP contribution in [0.3, 0.4) is 0 Å². The fraction of sp³-hybridized carbons (Fsp3) is 0.222. The first-order valence-corrected chi connectivity index (χ1v) is 7.25. The van der Waals surface area contributed by atoms with Crippen molar-refractivity contribution in [2.45, 2.75) is 20.8 Å². The van der Waals surface area contributed by atoms with Crippen molar-refractivity contribution in [1.29, 1.82) is 0 Å². The molecule has 5 heteroatoms. The average Bonchev–Trinajstić information content (AvgIpc) is 2.53. The van der Waals surface area contributed by atoms with Gasteiger partial charge in [0.2, 0.25) is 0 Å². The molecule has 0 unspecified atom stereocenters. The van der Waals surface area contributed by atoms with Crippen molar-refractivity contribution >= 4 is 12.1 Å². The van der Waals surface area contributed by atoms with Crippen LogP contribution in [0.5, 0.6) is 5.75 Å². The number of nitrogens with zero attached hydrogens (tertiary/aromatic N) is 1. The Bertz CT molecular complexity index is 742. The van der Waals surface area contributed by atoms with Crippen molar-refractivity contribution in [3.8, 4) is 5.75 Å². The lowest BCUT2D eigenvalue weighted by Crippen LogP contribution is -2.25. The van der Waals surface area contributed by atoms with Gasteiger partial charge in [0.05, 0.1) is 6.21 Å². The van der Waals surface area contributed by atoms with Gasteiger partial charge < -0.3 is 4.74 Å². The fourth-order valence-corrected chi connectivity index (χ4v) is 2.07. The number of hydrogen-bond acceptors (Lipinski definition) is 3. The van der Waals surface area contributed by atoms with Crippen LogP contribution >= 0.6 is 0 Å². The van der Waals surface area contributed by atoms with Gasteiger partial charge in [0.25, 0.3) is 5.91 Å². The van der Waals surface area contributed by atoms with Crippen molar-refractivity contribution in [3.05, 3.63) is 64.5 Å². The van der Waals surface area contributed by atoms with Crippen molar-refractivity contribution in [2.24, 2.45) is 5.10 Å². The van der Waals surface area contributed by atoms with E-state index in [9.17, 15) is 9.18 Å². The number of ether oxygens (including phenoxy) is 1. The first-order chi connectivity index (χ1) is 11.0. The second-order valence-corrected chi connectivity index (χ2v) is 5.26. The standard InChI is InChI=1S/C18H19FN2O2/c1-12-8-9-13(2)18(14(12)3)23-11-17(22)21-20-10-15-6-4-5-7-16(15)19/h4-10H,11H2,1-3H3,(H,21,22)/b20-10+. The number of nitrogens with one attached hydrogen (secondary N) is 1. The zero-order chi connectivity index (χ0) is 16.8. The minimum Gasteiger partial charge on any atom is -0.483 e. The quantitative estimate of drug-likeness (QED) is 0.680. The van der Waals surface area contributed by atoms with Crippen LogP contribution in [0.15, 0.2) is 41.5 Å². The molecule has 2 aromatic rings. The third kappa shape index (κ3) is 4.39. The van der Waals surface area contributed by atoms with E-state index >= 15 is 0 Å². The van der Waals surface area contributed by atoms with Gasteiger partial charge in [0.15, 0.2) is 6.61 Å². The number of rotatable bonds is 5. The van der Waals surface area contributed by atoms with Gasteiger partial charge in [-0.2, -0.15) is 5.10 Å². The van der Waals surface area contributed by atoms with Crippen LogP contribution in [0.25, 0.3) is 0 Å². The van der Waals surface area contributed by atoms with E-state index in [0.29, 0.717) is 11.3 Å². The van der Waals surface area contributed by atoms with Gasteiger partial charge >= 0.3 is 0 Å². The Hall–Kier alpha value is -2.69. The summed E-state index contributed by atoms with van der Waals surface area (Å²) in [6.07, 6.45) is 1.26. The zero-order valence-corrected chi connectivity index (χ0v) is 13.4. The molecule has 0 spiro atoms. The summed E-state index contributed by atoms with van der Waals surface area (Å²) in [4.78, 5) is 11.8. The molecule has 0 aromatic heterocycles. The number of carbonyl (C=O) groups excluding carboxylic acids is 1. The average molecular weight is 314 g/mol. The fourth-order valence-electron chi connectivity index (χ4n) is 2.07. The van der Waals surface area contributed by atoms with Crippen molar-refractivity contribution < 1.29 is 13.9 Å². The van der Waals surface area contributed by atoms with E-state index in [1.54, 1.807) is 18.2 Å². The molecule has 2 rings (SSSR count). The maximum Gasteiger partial charge on any atom is 0.277 e. The number of carbonyl (C=O) groups is 1. The minimum atomic E-state index is -0.405. The number of halogens is 1. The number of hydrogen-bond donors (Lipinski definition) is 1. The first-order valence-electron chi connectivity index (χ1n) is 7.25. The molecule has 0 atom stereocenters. The molecule has 0 saturated heterocycles. The van der Waals surface area contributed by atoms with E-state index in [2.05, 4.69) is 10.5 Å². The second-order valence-electron chi connectivity index (χ2n) is 5.26. The molecule has 0 radical (unpaired) electrons. The molecular formula is C18H19FN2O2. The number of benzene rings is 2. The molecule has 0 fully saturated rings. The van der Waals surface area contributed by atoms with E-state index in [1.807, 2.05) is 32.9 Å². The topological polar surface area (TPSA) is 50.7 Å². The molecule has 2 aromatic carbocycles. The summed E-state index contributed by atoms with van der Waals surface area (Å²) in [5, 5.41) is 3.73. The van der Waals surface area contributed by atoms with E-state index in [-0.39, 0.29) is 6.61 Å². The summed E-state index contributed by atoms with van der Waals surface area (Å²) in [5.74, 6) is -0.0936. The monoisotopic (exact) mass is 314 g/mol. The summed E-state index contributed by atoms with van der Waals surface area (Å²) in [6.45, 7) is 5.71. The third-order valence-electron chi connectivity index (χ3n) is 3.52. The van der Waals surface area contributed by atoms with E-state index in [0.717, 1.165) is 16.7 Å². The van der Waals surface area contributed by atoms with E-state index in [1.165, 1.54) is 12.3 Å². The number of hydrazone groups is 1. The highest BCUT2D eigenvalue weighted by Crippen LogP contribution is 2.25. The highest BCUT2D eigenvalue weighted by atomic mass is 19.1. The Morgan fingerprint density at radius 2 is 1.87 bits per heavy atom. The molecule has 0 saturated carbocycles. The predicted molar refractivity (Wildman–Crippen MR) is 88.3 cm³/mol. The second kappa shape index (κ2) is 7.54. The summed E-state index contributed by atoms with van der Waals surface area (Å²) in [6, 6.07) is 10.1. The van der Waals surface area contributed by atoms with Gasteiger partial charge in [0.1, 0.15) is 11.6 Å². The lowest BCUT2D eigenvalue weighted by molar-refractivity contribution is -0.123. The Morgan fingerprint density at radius 3 is 2.61 bits per heavy atom. The Labute approximate surface area is 135 Å². The van der Waals surface area contributed by atoms with Gasteiger partial charge in [0, 0.05) is 5.56 Å². The van der Waals surface area contributed by atoms with Gasteiger partial charge in [-0.3, -0.25) is 4.79 Å². The molecular weight excluding hydrogens is 295 g/mol. The van der Waals surface area contributed by atoms with Crippen LogP contribution in [-0.2, 0) is 4.79 Å². The Kier molecular flexibility index (Phi) is 5.46. The van der Waals surface area contributed by atoms with E-state index in [4.69, 9.17) is 4.74 Å². The summed E-state index contributed by atoms with van der Waals surface area (Å²) in [7, 11) is 0. The molecule has 1 N–H and O–H groups in total. The van der Waals surface area contributed by atoms with Crippen LogP contribution in [0, 0.1) is 26.6 Å². The molecule has 0 heterocycles. The van der Waals surface area contributed by atoms with Crippen LogP contribution in [0.1, 0.15) is 22.3 Å². The molecule has 0 aliphatic carbocycles. The van der Waals surface area contributed by atoms with Crippen molar-refractivity contribution in [2.75, 3.05) is 6.61 Å². The molecule has 120 valence electrons. The van der Waals surface area contributed by atoms with Crippen molar-refractivity contribution in [1.82, 2.24) is 5.43 Å². The maximum atomic E-state index is 13.4. The van der Waals surface area contributed by atoms with Gasteiger partial charge in [-0.25, -0.2) is 9.82 Å². The van der Waals surface area contributed by atoms with Crippen LogP contribution in [0.4, 0.5) is 4.39 Å². The zero-order valence-electron chi connectivity index (χ0n) is 13.4. The summed E-state index contributed by atoms with van der Waals surface area (Å²) >= 11 is 0. The highest BCUT2D eigenvalue weighted by molar-refractivity contribution is 5.83. The first kappa shape index (κ1) is 16.7. The van der Waals surface area contributed by atoms with Crippen molar-refractivity contribution in [3.63, 3.8) is 0 Å². The molecule has 0 aliphatic heterocycles. The predicted octanol–water partition coefficient (Wildman–Crippen LogP) is 3.28. The molecule has 0 bridgehead atoms. The lowest BCUT2D eigenvalue weighted by atomic mass is 10.1.